The van der Waals surface area contributed by atoms with Crippen molar-refractivity contribution in [3.8, 4) is 5.75 Å². The van der Waals surface area contributed by atoms with Crippen LogP contribution in [0.15, 0.2) is 24.3 Å². The number of para-hydroxylation sites is 1. The van der Waals surface area contributed by atoms with Crippen LogP contribution in [0.25, 0.3) is 0 Å². The van der Waals surface area contributed by atoms with Crippen molar-refractivity contribution in [3.63, 3.8) is 0 Å². The van der Waals surface area contributed by atoms with Gasteiger partial charge in [-0.05, 0) is 18.9 Å². The summed E-state index contributed by atoms with van der Waals surface area (Å²) in [6.45, 7) is 0. The van der Waals surface area contributed by atoms with Gasteiger partial charge in [-0.2, -0.15) is 0 Å². The van der Waals surface area contributed by atoms with Crippen LogP contribution in [0, 0.1) is 0 Å². The summed E-state index contributed by atoms with van der Waals surface area (Å²) in [7, 11) is 1.58. The molecular formula is C12H15NO3. The number of carbonyl (C=O) groups is 1. The zero-order chi connectivity index (χ0) is 11.8. The van der Waals surface area contributed by atoms with Crippen LogP contribution >= 0.6 is 0 Å². The molecule has 1 fully saturated rings. The van der Waals surface area contributed by atoms with Crippen LogP contribution in [0.4, 0.5) is 0 Å². The maximum Gasteiger partial charge on any atom is 0.321 e. The number of methoxy groups -OCH3 is 1. The first-order valence-corrected chi connectivity index (χ1v) is 5.24. The van der Waals surface area contributed by atoms with E-state index in [9.17, 15) is 4.79 Å². The number of aliphatic carboxylic acids is 1. The Hall–Kier alpha value is -1.55. The highest BCUT2D eigenvalue weighted by Gasteiger charge is 2.53. The molecule has 0 spiro atoms. The quantitative estimate of drug-likeness (QED) is 0.799. The normalized spacial score (nSPS) is 18.9. The number of benzene rings is 1. The number of nitrogens with two attached hydrogens (primary N) is 1. The van der Waals surface area contributed by atoms with Gasteiger partial charge in [-0.1, -0.05) is 18.2 Å². The molecule has 1 atom stereocenters. The van der Waals surface area contributed by atoms with Crippen LogP contribution in [0.1, 0.15) is 18.4 Å². The first-order chi connectivity index (χ1) is 7.62. The molecule has 1 aromatic carbocycles. The topological polar surface area (TPSA) is 72.5 Å². The first kappa shape index (κ1) is 11.0. The van der Waals surface area contributed by atoms with Gasteiger partial charge in [0.1, 0.15) is 11.8 Å². The van der Waals surface area contributed by atoms with E-state index in [0.29, 0.717) is 0 Å². The molecule has 1 aliphatic rings. The summed E-state index contributed by atoms with van der Waals surface area (Å²) in [4.78, 5) is 11.0. The van der Waals surface area contributed by atoms with Crippen molar-refractivity contribution in [1.82, 2.24) is 0 Å². The lowest BCUT2D eigenvalue weighted by atomic mass is 9.88. The van der Waals surface area contributed by atoms with Gasteiger partial charge >= 0.3 is 5.97 Å². The molecule has 0 aliphatic heterocycles. The highest BCUT2D eigenvalue weighted by atomic mass is 16.5. The van der Waals surface area contributed by atoms with Crippen LogP contribution in [0.5, 0.6) is 5.75 Å². The molecule has 4 heteroatoms. The predicted octanol–water partition coefficient (Wildman–Crippen LogP) is 1.14. The number of carboxylic acids is 1. The van der Waals surface area contributed by atoms with Crippen LogP contribution in [-0.4, -0.2) is 24.2 Å². The second-order valence-electron chi connectivity index (χ2n) is 4.17. The Bertz CT molecular complexity index is 412. The summed E-state index contributed by atoms with van der Waals surface area (Å²) < 4.78 is 5.25. The maximum absolute atomic E-state index is 11.0. The van der Waals surface area contributed by atoms with E-state index in [4.69, 9.17) is 15.6 Å². The molecule has 2 rings (SSSR count). The van der Waals surface area contributed by atoms with E-state index in [-0.39, 0.29) is 0 Å². The summed E-state index contributed by atoms with van der Waals surface area (Å²) in [5.74, 6) is -0.236. The second-order valence-corrected chi connectivity index (χ2v) is 4.17. The van der Waals surface area contributed by atoms with Gasteiger partial charge in [0, 0.05) is 11.0 Å². The minimum Gasteiger partial charge on any atom is -0.496 e. The highest BCUT2D eigenvalue weighted by Crippen LogP contribution is 2.53. The Morgan fingerprint density at radius 3 is 2.62 bits per heavy atom. The molecule has 0 bridgehead atoms. The Morgan fingerprint density at radius 1 is 1.50 bits per heavy atom. The number of ether oxygens (including phenoxy) is 1. The van der Waals surface area contributed by atoms with Gasteiger partial charge in [0.15, 0.2) is 0 Å². The van der Waals surface area contributed by atoms with Crippen LogP contribution in [0.2, 0.25) is 0 Å². The van der Waals surface area contributed by atoms with Gasteiger partial charge < -0.3 is 15.6 Å². The Balaban J connectivity index is 2.40. The van der Waals surface area contributed by atoms with Gasteiger partial charge in [0.2, 0.25) is 0 Å². The Labute approximate surface area is 94.0 Å². The second kappa shape index (κ2) is 3.79. The number of carboxylic acid groups (broad SMARTS) is 1. The van der Waals surface area contributed by atoms with E-state index in [1.165, 1.54) is 0 Å². The van der Waals surface area contributed by atoms with Crippen LogP contribution < -0.4 is 10.5 Å². The van der Waals surface area contributed by atoms with Crippen LogP contribution in [-0.2, 0) is 10.2 Å². The fraction of sp³-hybridized carbons (Fsp3) is 0.417. The zero-order valence-electron chi connectivity index (χ0n) is 9.14. The van der Waals surface area contributed by atoms with Crippen molar-refractivity contribution >= 4 is 5.97 Å². The third kappa shape index (κ3) is 1.55. The van der Waals surface area contributed by atoms with Gasteiger partial charge in [0.05, 0.1) is 7.11 Å². The molecule has 3 N–H and O–H groups in total. The molecule has 0 radical (unpaired) electrons. The SMILES string of the molecule is COc1ccccc1C1(C(N)C(=O)O)CC1. The van der Waals surface area contributed by atoms with Gasteiger partial charge in [-0.15, -0.1) is 0 Å². The molecule has 0 heterocycles. The Morgan fingerprint density at radius 2 is 2.12 bits per heavy atom. The van der Waals surface area contributed by atoms with Crippen molar-refractivity contribution < 1.29 is 14.6 Å². The van der Waals surface area contributed by atoms with Gasteiger partial charge in [-0.25, -0.2) is 0 Å². The molecule has 1 unspecified atom stereocenters. The Kier molecular flexibility index (Phi) is 2.59. The largest absolute Gasteiger partial charge is 0.496 e. The lowest BCUT2D eigenvalue weighted by Crippen LogP contribution is -2.42. The minimum absolute atomic E-state index is 0.432. The smallest absolute Gasteiger partial charge is 0.321 e. The molecular weight excluding hydrogens is 206 g/mol. The molecule has 1 aliphatic carbocycles. The fourth-order valence-corrected chi connectivity index (χ4v) is 2.17. The molecule has 1 aromatic rings. The van der Waals surface area contributed by atoms with E-state index in [2.05, 4.69) is 0 Å². The highest BCUT2D eigenvalue weighted by molar-refractivity contribution is 5.77. The van der Waals surface area contributed by atoms with Gasteiger partial charge in [0.25, 0.3) is 0 Å². The van der Waals surface area contributed by atoms with E-state index < -0.39 is 17.4 Å². The maximum atomic E-state index is 11.0. The predicted molar refractivity (Wildman–Crippen MR) is 59.5 cm³/mol. The van der Waals surface area contributed by atoms with Crippen molar-refractivity contribution in [2.75, 3.05) is 7.11 Å². The number of hydrogen-bond acceptors (Lipinski definition) is 3. The summed E-state index contributed by atoms with van der Waals surface area (Å²) >= 11 is 0. The van der Waals surface area contributed by atoms with E-state index in [1.54, 1.807) is 7.11 Å². The average molecular weight is 221 g/mol. The first-order valence-electron chi connectivity index (χ1n) is 5.24. The van der Waals surface area contributed by atoms with Gasteiger partial charge in [-0.3, -0.25) is 4.79 Å². The monoisotopic (exact) mass is 221 g/mol. The number of rotatable bonds is 4. The molecule has 0 saturated heterocycles. The standard InChI is InChI=1S/C12H15NO3/c1-16-9-5-3-2-4-8(9)12(6-7-12)10(13)11(14)15/h2-5,10H,6-7,13H2,1H3,(H,14,15). The van der Waals surface area contributed by atoms with Crippen molar-refractivity contribution in [2.45, 2.75) is 24.3 Å². The fourth-order valence-electron chi connectivity index (χ4n) is 2.17. The lowest BCUT2D eigenvalue weighted by Gasteiger charge is -2.22. The van der Waals surface area contributed by atoms with E-state index in [0.717, 1.165) is 24.2 Å². The third-order valence-corrected chi connectivity index (χ3v) is 3.29. The van der Waals surface area contributed by atoms with Crippen LogP contribution in [0.3, 0.4) is 0 Å². The molecule has 16 heavy (non-hydrogen) atoms. The summed E-state index contributed by atoms with van der Waals surface area (Å²) in [6.07, 6.45) is 1.61. The summed E-state index contributed by atoms with van der Waals surface area (Å²) in [5.41, 5.74) is 6.23. The van der Waals surface area contributed by atoms with Crippen molar-refractivity contribution in [3.05, 3.63) is 29.8 Å². The lowest BCUT2D eigenvalue weighted by molar-refractivity contribution is -0.139. The van der Waals surface area contributed by atoms with E-state index >= 15 is 0 Å². The third-order valence-electron chi connectivity index (χ3n) is 3.29. The molecule has 0 aromatic heterocycles. The minimum atomic E-state index is -0.955. The van der Waals surface area contributed by atoms with E-state index in [1.807, 2.05) is 24.3 Å². The average Bonchev–Trinajstić information content (AvgIpc) is 3.09. The molecule has 1 saturated carbocycles. The zero-order valence-corrected chi connectivity index (χ0v) is 9.14. The number of hydrogen-bond donors (Lipinski definition) is 2. The van der Waals surface area contributed by atoms with Crippen molar-refractivity contribution in [1.29, 1.82) is 0 Å². The van der Waals surface area contributed by atoms with Crippen molar-refractivity contribution in [2.24, 2.45) is 5.73 Å². The molecule has 86 valence electrons. The molecule has 0 amide bonds. The molecule has 4 nitrogen and oxygen atoms in total. The summed E-state index contributed by atoms with van der Waals surface area (Å²) in [6, 6.07) is 6.62. The summed E-state index contributed by atoms with van der Waals surface area (Å²) in [5, 5.41) is 9.02.